The van der Waals surface area contributed by atoms with Crippen LogP contribution in [0.5, 0.6) is 0 Å². The van der Waals surface area contributed by atoms with Gasteiger partial charge >= 0.3 is 0 Å². The highest BCUT2D eigenvalue weighted by Gasteiger charge is 2.27. The Balaban J connectivity index is 1.62. The van der Waals surface area contributed by atoms with Crippen LogP contribution in [0.1, 0.15) is 29.4 Å². The summed E-state index contributed by atoms with van der Waals surface area (Å²) >= 11 is 0. The number of pyridine rings is 2. The summed E-state index contributed by atoms with van der Waals surface area (Å²) in [4.78, 5) is 35.0. The molecular weight excluding hydrogens is 443 g/mol. The maximum absolute atomic E-state index is 14.8. The molecule has 0 radical (unpaired) electrons. The van der Waals surface area contributed by atoms with E-state index in [1.807, 2.05) is 0 Å². The first kappa shape index (κ1) is 22.8. The van der Waals surface area contributed by atoms with Crippen molar-refractivity contribution >= 4 is 34.8 Å². The van der Waals surface area contributed by atoms with Gasteiger partial charge in [0, 0.05) is 13.5 Å². The molecule has 5 N–H and O–H groups in total. The van der Waals surface area contributed by atoms with Crippen LogP contribution in [-0.4, -0.2) is 66.5 Å². The molecule has 0 aliphatic carbocycles. The van der Waals surface area contributed by atoms with Crippen molar-refractivity contribution in [2.45, 2.75) is 26.3 Å². The van der Waals surface area contributed by atoms with Crippen molar-refractivity contribution in [2.24, 2.45) is 5.73 Å². The summed E-state index contributed by atoms with van der Waals surface area (Å²) in [6, 6.07) is 2.19. The number of nitrogens with one attached hydrogen (secondary N) is 3. The molecule has 3 aromatic heterocycles. The van der Waals surface area contributed by atoms with Gasteiger partial charge in [0.15, 0.2) is 11.6 Å². The highest BCUT2D eigenvalue weighted by atomic mass is 19.1. The Labute approximate surface area is 193 Å². The minimum Gasteiger partial charge on any atom is -0.365 e. The first-order valence-electron chi connectivity index (χ1n) is 10.4. The molecule has 13 heteroatoms. The zero-order chi connectivity index (χ0) is 24.4. The average molecular weight is 466 g/mol. The summed E-state index contributed by atoms with van der Waals surface area (Å²) in [6.07, 6.45) is 5.01. The summed E-state index contributed by atoms with van der Waals surface area (Å²) in [5, 5.41) is 22.3. The number of likely N-dealkylation sites (tertiary alicyclic amines) is 1. The lowest BCUT2D eigenvalue weighted by molar-refractivity contribution is -0.128. The van der Waals surface area contributed by atoms with Crippen LogP contribution < -0.4 is 16.4 Å². The number of carbonyl (C=O) groups excluding carboxylic acids is 2. The lowest BCUT2D eigenvalue weighted by Crippen LogP contribution is -2.48. The summed E-state index contributed by atoms with van der Waals surface area (Å²) < 4.78 is 14.8. The Hall–Kier alpha value is -4.42. The van der Waals surface area contributed by atoms with Crippen molar-refractivity contribution in [1.29, 1.82) is 5.41 Å². The normalized spacial score (nSPS) is 15.8. The molecule has 1 aliphatic rings. The third-order valence-corrected chi connectivity index (χ3v) is 5.42. The van der Waals surface area contributed by atoms with E-state index in [1.165, 1.54) is 30.3 Å². The largest absolute Gasteiger partial charge is 0.365 e. The van der Waals surface area contributed by atoms with E-state index >= 15 is 0 Å². The van der Waals surface area contributed by atoms with Crippen molar-refractivity contribution in [3.63, 3.8) is 0 Å². The molecule has 12 nitrogen and oxygen atoms in total. The summed E-state index contributed by atoms with van der Waals surface area (Å²) in [5.41, 5.74) is 7.25. The number of carbonyl (C=O) groups is 2. The number of nitrogens with two attached hydrogens (primary N) is 1. The van der Waals surface area contributed by atoms with Crippen molar-refractivity contribution in [3.05, 3.63) is 47.8 Å². The minimum atomic E-state index is -0.864. The molecule has 0 spiro atoms. The second-order valence-electron chi connectivity index (χ2n) is 7.80. The van der Waals surface area contributed by atoms with Gasteiger partial charge in [0.1, 0.15) is 11.5 Å². The van der Waals surface area contributed by atoms with Crippen LogP contribution >= 0.6 is 0 Å². The summed E-state index contributed by atoms with van der Waals surface area (Å²) in [5.74, 6) is -1.90. The SMILES string of the molecule is CC(=O)N1CC[C@@H](Nc2nc(Nc3cnc(C)c(-n4nccn4)c3)c(C(N)=O)cc2F)C(=N)C1. The second kappa shape index (κ2) is 9.21. The maximum Gasteiger partial charge on any atom is 0.252 e. The van der Waals surface area contributed by atoms with Crippen LogP contribution in [0.2, 0.25) is 0 Å². The number of halogens is 1. The highest BCUT2D eigenvalue weighted by Crippen LogP contribution is 2.26. The predicted molar refractivity (Wildman–Crippen MR) is 122 cm³/mol. The average Bonchev–Trinajstić information content (AvgIpc) is 3.32. The second-order valence-corrected chi connectivity index (χ2v) is 7.80. The number of rotatable bonds is 6. The van der Waals surface area contributed by atoms with Crippen LogP contribution in [0.4, 0.5) is 21.7 Å². The van der Waals surface area contributed by atoms with E-state index < -0.39 is 17.8 Å². The van der Waals surface area contributed by atoms with Crippen LogP contribution in [0.25, 0.3) is 5.69 Å². The van der Waals surface area contributed by atoms with E-state index in [1.54, 1.807) is 17.9 Å². The predicted octanol–water partition coefficient (Wildman–Crippen LogP) is 1.40. The van der Waals surface area contributed by atoms with E-state index in [-0.39, 0.29) is 35.4 Å². The number of anilines is 3. The summed E-state index contributed by atoms with van der Waals surface area (Å²) in [7, 11) is 0. The molecule has 4 rings (SSSR count). The molecule has 0 bridgehead atoms. The van der Waals surface area contributed by atoms with Crippen molar-refractivity contribution < 1.29 is 14.0 Å². The molecule has 0 aromatic carbocycles. The molecular formula is C21H23FN10O2. The van der Waals surface area contributed by atoms with Crippen molar-refractivity contribution in [2.75, 3.05) is 23.7 Å². The fraction of sp³-hybridized carbons (Fsp3) is 0.286. The number of nitrogens with zero attached hydrogens (tertiary/aromatic N) is 6. The molecule has 1 aliphatic heterocycles. The van der Waals surface area contributed by atoms with E-state index in [4.69, 9.17) is 11.1 Å². The number of aryl methyl sites for hydroxylation is 1. The number of amides is 2. The molecule has 3 aromatic rings. The van der Waals surface area contributed by atoms with Crippen LogP contribution in [-0.2, 0) is 4.79 Å². The fourth-order valence-electron chi connectivity index (χ4n) is 3.59. The molecule has 0 unspecified atom stereocenters. The molecule has 176 valence electrons. The Morgan fingerprint density at radius 1 is 1.24 bits per heavy atom. The zero-order valence-corrected chi connectivity index (χ0v) is 18.5. The van der Waals surface area contributed by atoms with E-state index in [9.17, 15) is 14.0 Å². The Kier molecular flexibility index (Phi) is 6.17. The van der Waals surface area contributed by atoms with Crippen LogP contribution in [0, 0.1) is 18.2 Å². The fourth-order valence-corrected chi connectivity index (χ4v) is 3.59. The molecule has 2 amide bonds. The summed E-state index contributed by atoms with van der Waals surface area (Å²) in [6.45, 7) is 3.82. The topological polar surface area (TPSA) is 168 Å². The molecule has 1 fully saturated rings. The van der Waals surface area contributed by atoms with Crippen LogP contribution in [0.3, 0.4) is 0 Å². The third-order valence-electron chi connectivity index (χ3n) is 5.42. The van der Waals surface area contributed by atoms with Gasteiger partial charge in [0.2, 0.25) is 5.91 Å². The molecule has 4 heterocycles. The number of piperidine rings is 1. The molecule has 0 saturated carbocycles. The molecule has 1 atom stereocenters. The van der Waals surface area contributed by atoms with Gasteiger partial charge in [-0.3, -0.25) is 14.6 Å². The van der Waals surface area contributed by atoms with E-state index in [0.717, 1.165) is 6.07 Å². The van der Waals surface area contributed by atoms with Gasteiger partial charge in [-0.2, -0.15) is 10.2 Å². The lowest BCUT2D eigenvalue weighted by atomic mass is 10.0. The zero-order valence-electron chi connectivity index (χ0n) is 18.5. The van der Waals surface area contributed by atoms with Crippen molar-refractivity contribution in [1.82, 2.24) is 29.9 Å². The van der Waals surface area contributed by atoms with Gasteiger partial charge in [0.25, 0.3) is 5.91 Å². The Bertz CT molecular complexity index is 1260. The van der Waals surface area contributed by atoms with E-state index in [0.29, 0.717) is 30.0 Å². The number of hydrogen-bond donors (Lipinski definition) is 4. The maximum atomic E-state index is 14.8. The highest BCUT2D eigenvalue weighted by molar-refractivity contribution is 5.99. The van der Waals surface area contributed by atoms with E-state index in [2.05, 4.69) is 30.8 Å². The first-order chi connectivity index (χ1) is 16.2. The Morgan fingerprint density at radius 2 is 1.97 bits per heavy atom. The Morgan fingerprint density at radius 3 is 2.62 bits per heavy atom. The quantitative estimate of drug-likeness (QED) is 0.423. The number of aromatic nitrogens is 5. The van der Waals surface area contributed by atoms with Crippen molar-refractivity contribution in [3.8, 4) is 5.69 Å². The van der Waals surface area contributed by atoms with Gasteiger partial charge < -0.3 is 26.7 Å². The monoisotopic (exact) mass is 466 g/mol. The van der Waals surface area contributed by atoms with Gasteiger partial charge in [-0.05, 0) is 25.5 Å². The minimum absolute atomic E-state index is 0.0223. The molecule has 34 heavy (non-hydrogen) atoms. The van der Waals surface area contributed by atoms with Gasteiger partial charge in [-0.1, -0.05) is 0 Å². The van der Waals surface area contributed by atoms with Gasteiger partial charge in [-0.25, -0.2) is 9.37 Å². The standard InChI is InChI=1S/C21H23FN10O2/c1-11-18(32-26-4-5-27-32)7-13(9-25-11)28-20-14(19(24)34)8-15(22)21(30-20)29-17-3-6-31(12(2)33)10-16(17)23/h4-5,7-9,17,23H,3,6,10H2,1-2H3,(H2,24,34)(H2,28,29,30)/t17-/m1/s1. The first-order valence-corrected chi connectivity index (χ1v) is 10.4. The smallest absolute Gasteiger partial charge is 0.252 e. The lowest BCUT2D eigenvalue weighted by Gasteiger charge is -2.32. The van der Waals surface area contributed by atoms with Gasteiger partial charge in [0.05, 0.1) is 53.8 Å². The number of primary amides is 1. The van der Waals surface area contributed by atoms with Gasteiger partial charge in [-0.15, -0.1) is 4.80 Å². The molecule has 1 saturated heterocycles. The third kappa shape index (κ3) is 4.67. The number of hydrogen-bond acceptors (Lipinski definition) is 9. The van der Waals surface area contributed by atoms with Crippen LogP contribution in [0.15, 0.2) is 30.7 Å².